The third-order valence-electron chi connectivity index (χ3n) is 9.70. The van der Waals surface area contributed by atoms with Crippen LogP contribution in [0.5, 0.6) is 0 Å². The van der Waals surface area contributed by atoms with Crippen molar-refractivity contribution in [1.29, 1.82) is 0 Å². The fourth-order valence-electron chi connectivity index (χ4n) is 8.54. The number of carboxylic acids is 1. The fraction of sp³-hybridized carbons (Fsp3) is 0.654. The molecule has 45 heavy (non-hydrogen) atoms. The Balaban J connectivity index is 1.75. The van der Waals surface area contributed by atoms with Crippen LogP contribution in [0.2, 0.25) is 0 Å². The van der Waals surface area contributed by atoms with Crippen molar-refractivity contribution in [2.75, 3.05) is 0 Å². The number of alkyl halides is 5. The summed E-state index contributed by atoms with van der Waals surface area (Å²) in [5, 5.41) is 4.38. The molecule has 4 bridgehead atoms. The maximum Gasteiger partial charge on any atom is 0.432 e. The molecule has 4 aliphatic rings. The van der Waals surface area contributed by atoms with E-state index in [-0.39, 0.29) is 55.1 Å². The Kier molecular flexibility index (Phi) is 9.35. The van der Waals surface area contributed by atoms with E-state index in [1.165, 1.54) is 0 Å². The van der Waals surface area contributed by atoms with E-state index < -0.39 is 56.6 Å². The number of benzene rings is 1. The zero-order chi connectivity index (χ0) is 33.9. The van der Waals surface area contributed by atoms with E-state index in [9.17, 15) is 49.9 Å². The number of halogens is 5. The Morgan fingerprint density at radius 1 is 0.844 bits per heavy atom. The van der Waals surface area contributed by atoms with Gasteiger partial charge in [-0.25, -0.2) is 9.59 Å². The zero-order valence-corrected chi connectivity index (χ0v) is 26.2. The second-order valence-corrected chi connectivity index (χ2v) is 14.1. The minimum absolute atomic E-state index is 0.0601. The quantitative estimate of drug-likeness (QED) is 0.149. The van der Waals surface area contributed by atoms with Crippen molar-refractivity contribution in [3.8, 4) is 0 Å². The molecule has 0 saturated heterocycles. The average Bonchev–Trinajstić information content (AvgIpc) is 2.91. The molecular formula is C26H33B4F5O9S. The van der Waals surface area contributed by atoms with Gasteiger partial charge in [0.25, 0.3) is 6.10 Å². The van der Waals surface area contributed by atoms with Gasteiger partial charge >= 0.3 is 39.5 Å². The summed E-state index contributed by atoms with van der Waals surface area (Å²) in [6, 6.07) is 0. The van der Waals surface area contributed by atoms with E-state index in [0.717, 1.165) is 11.1 Å². The summed E-state index contributed by atoms with van der Waals surface area (Å²) in [4.78, 5) is 40.0. The summed E-state index contributed by atoms with van der Waals surface area (Å²) in [6.07, 6.45) is -8.39. The Morgan fingerprint density at radius 3 is 1.71 bits per heavy atom. The van der Waals surface area contributed by atoms with E-state index in [1.54, 1.807) is 15.7 Å². The van der Waals surface area contributed by atoms with Gasteiger partial charge in [-0.1, -0.05) is 25.3 Å². The molecule has 5 rings (SSSR count). The molecule has 9 nitrogen and oxygen atoms in total. The monoisotopic (exact) mass is 660 g/mol. The predicted molar refractivity (Wildman–Crippen MR) is 160 cm³/mol. The number of esters is 2. The molecule has 0 aromatic heterocycles. The van der Waals surface area contributed by atoms with Gasteiger partial charge in [0.15, 0.2) is 0 Å². The molecule has 0 heterocycles. The molecule has 1 aromatic carbocycles. The Morgan fingerprint density at radius 2 is 1.31 bits per heavy atom. The topological polar surface area (TPSA) is 144 Å². The molecule has 19 heteroatoms. The van der Waals surface area contributed by atoms with E-state index in [1.807, 2.05) is 15.7 Å². The van der Waals surface area contributed by atoms with Crippen LogP contribution in [0, 0.1) is 17.3 Å². The lowest BCUT2D eigenvalue weighted by atomic mass is 9.48. The van der Waals surface area contributed by atoms with Gasteiger partial charge in [-0.2, -0.15) is 30.4 Å². The highest BCUT2D eigenvalue weighted by atomic mass is 32.2. The normalized spacial score (nSPS) is 26.8. The van der Waals surface area contributed by atoms with Crippen LogP contribution in [-0.2, 0) is 49.7 Å². The second-order valence-electron chi connectivity index (χ2n) is 12.6. The third kappa shape index (κ3) is 6.03. The molecule has 4 fully saturated rings. The molecule has 2 N–H and O–H groups in total. The van der Waals surface area contributed by atoms with Crippen LogP contribution in [0.4, 0.5) is 22.0 Å². The fourth-order valence-corrected chi connectivity index (χ4v) is 8.99. The van der Waals surface area contributed by atoms with Crippen LogP contribution in [0.25, 0.3) is 0 Å². The number of hydrogen-bond donors (Lipinski definition) is 2. The van der Waals surface area contributed by atoms with Crippen molar-refractivity contribution in [3.05, 3.63) is 33.4 Å². The van der Waals surface area contributed by atoms with Crippen molar-refractivity contribution in [3.63, 3.8) is 0 Å². The van der Waals surface area contributed by atoms with E-state index >= 15 is 0 Å². The van der Waals surface area contributed by atoms with Gasteiger partial charge in [0.05, 0.1) is 16.5 Å². The number of ether oxygens (including phenoxy) is 2. The standard InChI is InChI=1S/C26H33B4F5O9S/c27-6-13-14(7-28)16(9-30)18(17(19(36)37)15(13)8-29)20(38)44-24-4-11-1-12(5-24)3-23(2-11,10-24)22(39)43-21(25(31,32)33)26(34,35)45(40,41)42/h11-12,21H,1-10,27-30H2,(H,36,37)(H,40,41,42). The second kappa shape index (κ2) is 11.9. The first kappa shape index (κ1) is 35.3. The highest BCUT2D eigenvalue weighted by Gasteiger charge is 2.69. The van der Waals surface area contributed by atoms with Gasteiger partial charge in [-0.3, -0.25) is 9.35 Å². The summed E-state index contributed by atoms with van der Waals surface area (Å²) < 4.78 is 111. The van der Waals surface area contributed by atoms with Gasteiger partial charge < -0.3 is 14.6 Å². The number of rotatable bonds is 11. The first-order chi connectivity index (χ1) is 20.7. The first-order valence-corrected chi connectivity index (χ1v) is 16.4. The molecule has 0 spiro atoms. The summed E-state index contributed by atoms with van der Waals surface area (Å²) in [5.74, 6) is -4.72. The maximum absolute atomic E-state index is 14.3. The summed E-state index contributed by atoms with van der Waals surface area (Å²) in [7, 11) is 0.695. The SMILES string of the molecule is BCc1c(CB)c(CB)c(C(=O)OC23CC4CC(C2)CC(C(=O)OC(C(F)(F)F)C(F)(F)S(=O)(=O)O)(C4)C3)c(C(=O)O)c1CB. The lowest BCUT2D eigenvalue weighted by Crippen LogP contribution is -2.61. The van der Waals surface area contributed by atoms with Crippen LogP contribution >= 0.6 is 0 Å². The van der Waals surface area contributed by atoms with Gasteiger partial charge in [0.2, 0.25) is 0 Å². The van der Waals surface area contributed by atoms with Crippen LogP contribution in [-0.4, -0.2) is 90.5 Å². The van der Waals surface area contributed by atoms with Crippen LogP contribution < -0.4 is 0 Å². The first-order valence-electron chi connectivity index (χ1n) is 15.0. The molecule has 0 aliphatic heterocycles. The predicted octanol–water partition coefficient (Wildman–Crippen LogP) is 0.368. The molecule has 3 unspecified atom stereocenters. The molecule has 4 aliphatic carbocycles. The molecule has 0 radical (unpaired) electrons. The molecule has 244 valence electrons. The maximum atomic E-state index is 14.3. The summed E-state index contributed by atoms with van der Waals surface area (Å²) >= 11 is 0. The van der Waals surface area contributed by atoms with Crippen molar-refractivity contribution >= 4 is 59.4 Å². The van der Waals surface area contributed by atoms with Crippen molar-refractivity contribution in [2.45, 2.75) is 86.9 Å². The average molecular weight is 660 g/mol. The number of carbonyl (C=O) groups excluding carboxylic acids is 2. The number of hydrogen-bond acceptors (Lipinski definition) is 7. The number of carbonyl (C=O) groups is 3. The Labute approximate surface area is 260 Å². The van der Waals surface area contributed by atoms with Crippen molar-refractivity contribution in [1.82, 2.24) is 0 Å². The Bertz CT molecular complexity index is 1500. The number of aromatic carboxylic acids is 1. The smallest absolute Gasteiger partial charge is 0.432 e. The molecular weight excluding hydrogens is 627 g/mol. The minimum Gasteiger partial charge on any atom is -0.478 e. The molecule has 1 aromatic rings. The number of carboxylic acid groups (broad SMARTS) is 1. The van der Waals surface area contributed by atoms with Crippen molar-refractivity contribution < 1.29 is 63.9 Å². The van der Waals surface area contributed by atoms with E-state index in [4.69, 9.17) is 9.29 Å². The van der Waals surface area contributed by atoms with E-state index in [2.05, 4.69) is 4.74 Å². The minimum atomic E-state index is -6.63. The Hall–Kier alpha value is -2.55. The summed E-state index contributed by atoms with van der Waals surface area (Å²) in [6.45, 7) is 0. The van der Waals surface area contributed by atoms with Gasteiger partial charge in [-0.05, 0) is 66.2 Å². The zero-order valence-electron chi connectivity index (χ0n) is 25.4. The largest absolute Gasteiger partial charge is 0.478 e. The molecule has 0 amide bonds. The summed E-state index contributed by atoms with van der Waals surface area (Å²) in [5.41, 5.74) is -0.867. The van der Waals surface area contributed by atoms with Crippen molar-refractivity contribution in [2.24, 2.45) is 17.3 Å². The van der Waals surface area contributed by atoms with Crippen LogP contribution in [0.15, 0.2) is 0 Å². The van der Waals surface area contributed by atoms with Gasteiger partial charge in [0, 0.05) is 6.42 Å². The van der Waals surface area contributed by atoms with Crippen LogP contribution in [0.1, 0.15) is 81.5 Å². The third-order valence-corrected chi connectivity index (χ3v) is 10.6. The highest BCUT2D eigenvalue weighted by molar-refractivity contribution is 7.86. The van der Waals surface area contributed by atoms with E-state index in [0.29, 0.717) is 42.8 Å². The molecule has 3 atom stereocenters. The highest BCUT2D eigenvalue weighted by Crippen LogP contribution is 2.63. The van der Waals surface area contributed by atoms with Gasteiger partial charge in [-0.15, -0.1) is 0 Å². The lowest BCUT2D eigenvalue weighted by molar-refractivity contribution is -0.269. The van der Waals surface area contributed by atoms with Crippen LogP contribution in [0.3, 0.4) is 0 Å². The molecule has 4 saturated carbocycles. The lowest BCUT2D eigenvalue weighted by Gasteiger charge is -2.59. The van der Waals surface area contributed by atoms with Gasteiger partial charge in [0.1, 0.15) is 37.0 Å².